The van der Waals surface area contributed by atoms with Crippen LogP contribution in [0.4, 0.5) is 0 Å². The van der Waals surface area contributed by atoms with E-state index >= 15 is 0 Å². The fourth-order valence-corrected chi connectivity index (χ4v) is 2.03. The third-order valence-electron chi connectivity index (χ3n) is 1.17. The summed E-state index contributed by atoms with van der Waals surface area (Å²) in [7, 11) is 0. The standard InChI is InChI=1S/C9H7ClOSe/c10-8-2-4-9(5-3-8)12-7-1-6-11/h1-7H. The van der Waals surface area contributed by atoms with Gasteiger partial charge in [0.2, 0.25) is 0 Å². The molecule has 12 heavy (non-hydrogen) atoms. The molecule has 0 N–H and O–H groups in total. The molecule has 62 valence electrons. The molecule has 3 heteroatoms. The molecule has 0 atom stereocenters. The van der Waals surface area contributed by atoms with Crippen LogP contribution in [0.25, 0.3) is 0 Å². The van der Waals surface area contributed by atoms with Gasteiger partial charge in [-0.15, -0.1) is 0 Å². The molecule has 0 spiro atoms. The van der Waals surface area contributed by atoms with Crippen LogP contribution in [-0.4, -0.2) is 21.2 Å². The van der Waals surface area contributed by atoms with E-state index in [2.05, 4.69) is 0 Å². The van der Waals surface area contributed by atoms with Gasteiger partial charge in [-0.05, 0) is 0 Å². The van der Waals surface area contributed by atoms with E-state index in [1.165, 1.54) is 10.5 Å². The first-order valence-electron chi connectivity index (χ1n) is 3.35. The van der Waals surface area contributed by atoms with Crippen LogP contribution < -0.4 is 4.46 Å². The topological polar surface area (TPSA) is 17.1 Å². The Labute approximate surface area is 82.6 Å². The van der Waals surface area contributed by atoms with E-state index in [4.69, 9.17) is 11.6 Å². The normalized spacial score (nSPS) is 10.4. The summed E-state index contributed by atoms with van der Waals surface area (Å²) in [5.74, 6) is 0. The second-order valence-electron chi connectivity index (χ2n) is 2.04. The third kappa shape index (κ3) is 3.22. The molecule has 0 radical (unpaired) electrons. The van der Waals surface area contributed by atoms with E-state index in [9.17, 15) is 4.79 Å². The van der Waals surface area contributed by atoms with Crippen LogP contribution in [0.2, 0.25) is 5.02 Å². The van der Waals surface area contributed by atoms with Gasteiger partial charge in [-0.1, -0.05) is 0 Å². The molecule has 0 fully saturated rings. The number of halogens is 1. The molecular formula is C9H7ClOSe. The van der Waals surface area contributed by atoms with Gasteiger partial charge in [-0.3, -0.25) is 0 Å². The minimum absolute atomic E-state index is 0.242. The quantitative estimate of drug-likeness (QED) is 0.447. The number of allylic oxidation sites excluding steroid dienone is 1. The average Bonchev–Trinajstić information content (AvgIpc) is 2.09. The second kappa shape index (κ2) is 5.15. The molecule has 0 unspecified atom stereocenters. The Bertz CT molecular complexity index is 279. The molecule has 0 aromatic heterocycles. The van der Waals surface area contributed by atoms with Gasteiger partial charge in [0.25, 0.3) is 0 Å². The Balaban J connectivity index is 2.58. The molecule has 0 saturated carbocycles. The van der Waals surface area contributed by atoms with Crippen LogP contribution in [0.1, 0.15) is 0 Å². The van der Waals surface area contributed by atoms with E-state index in [1.807, 2.05) is 29.2 Å². The molecule has 1 rings (SSSR count). The summed E-state index contributed by atoms with van der Waals surface area (Å²) >= 11 is 5.95. The molecule has 0 aliphatic carbocycles. The summed E-state index contributed by atoms with van der Waals surface area (Å²) in [5.41, 5.74) is 0. The molecule has 0 amide bonds. The molecule has 1 aromatic carbocycles. The molecule has 0 bridgehead atoms. The van der Waals surface area contributed by atoms with Gasteiger partial charge < -0.3 is 0 Å². The number of aldehydes is 1. The van der Waals surface area contributed by atoms with Crippen molar-refractivity contribution < 1.29 is 4.79 Å². The van der Waals surface area contributed by atoms with Crippen molar-refractivity contribution in [1.82, 2.24) is 0 Å². The van der Waals surface area contributed by atoms with Crippen molar-refractivity contribution in [3.8, 4) is 0 Å². The Hall–Kier alpha value is -0.561. The number of hydrogen-bond acceptors (Lipinski definition) is 1. The molecule has 0 aliphatic rings. The summed E-state index contributed by atoms with van der Waals surface area (Å²) in [4.78, 5) is 11.8. The SMILES string of the molecule is O=CC=C[Se]c1ccc(Cl)cc1. The van der Waals surface area contributed by atoms with Crippen molar-refractivity contribution in [1.29, 1.82) is 0 Å². The van der Waals surface area contributed by atoms with E-state index in [0.717, 1.165) is 11.3 Å². The van der Waals surface area contributed by atoms with Crippen molar-refractivity contribution in [3.05, 3.63) is 40.3 Å². The Morgan fingerprint density at radius 1 is 1.25 bits per heavy atom. The van der Waals surface area contributed by atoms with Crippen molar-refractivity contribution in [2.45, 2.75) is 0 Å². The average molecular weight is 246 g/mol. The molecular weight excluding hydrogens is 239 g/mol. The van der Waals surface area contributed by atoms with Crippen molar-refractivity contribution in [3.63, 3.8) is 0 Å². The van der Waals surface area contributed by atoms with Gasteiger partial charge in [-0.25, -0.2) is 0 Å². The zero-order valence-electron chi connectivity index (χ0n) is 6.24. The number of benzene rings is 1. The number of hydrogen-bond donors (Lipinski definition) is 0. The van der Waals surface area contributed by atoms with Gasteiger partial charge in [-0.2, -0.15) is 0 Å². The zero-order valence-corrected chi connectivity index (χ0v) is 8.70. The Morgan fingerprint density at radius 2 is 1.92 bits per heavy atom. The fraction of sp³-hybridized carbons (Fsp3) is 0. The van der Waals surface area contributed by atoms with Crippen LogP contribution in [0, 0.1) is 0 Å². The molecule has 0 aliphatic heterocycles. The molecule has 0 heterocycles. The monoisotopic (exact) mass is 246 g/mol. The second-order valence-corrected chi connectivity index (χ2v) is 4.53. The van der Waals surface area contributed by atoms with Crippen LogP contribution in [0.15, 0.2) is 35.3 Å². The molecule has 1 nitrogen and oxygen atoms in total. The van der Waals surface area contributed by atoms with Crippen molar-refractivity contribution in [2.24, 2.45) is 0 Å². The third-order valence-corrected chi connectivity index (χ3v) is 3.18. The summed E-state index contributed by atoms with van der Waals surface area (Å²) in [6, 6.07) is 7.65. The zero-order chi connectivity index (χ0) is 8.81. The van der Waals surface area contributed by atoms with E-state index in [-0.39, 0.29) is 15.0 Å². The summed E-state index contributed by atoms with van der Waals surface area (Å²) < 4.78 is 1.21. The first-order chi connectivity index (χ1) is 5.83. The maximum absolute atomic E-state index is 9.95. The van der Waals surface area contributed by atoms with Gasteiger partial charge in [0.15, 0.2) is 0 Å². The Morgan fingerprint density at radius 3 is 2.50 bits per heavy atom. The summed E-state index contributed by atoms with van der Waals surface area (Å²) in [6.45, 7) is 0. The van der Waals surface area contributed by atoms with Gasteiger partial charge in [0.1, 0.15) is 0 Å². The van der Waals surface area contributed by atoms with Crippen LogP contribution in [0.5, 0.6) is 0 Å². The summed E-state index contributed by atoms with van der Waals surface area (Å²) in [6.07, 6.45) is 2.31. The number of carbonyl (C=O) groups is 1. The van der Waals surface area contributed by atoms with Gasteiger partial charge in [0.05, 0.1) is 0 Å². The Kier molecular flexibility index (Phi) is 4.09. The van der Waals surface area contributed by atoms with Crippen LogP contribution in [0.3, 0.4) is 0 Å². The molecule has 1 aromatic rings. The first-order valence-corrected chi connectivity index (χ1v) is 5.58. The number of carbonyl (C=O) groups excluding carboxylic acids is 1. The van der Waals surface area contributed by atoms with E-state index in [0.29, 0.717) is 0 Å². The predicted octanol–water partition coefficient (Wildman–Crippen LogP) is 1.38. The van der Waals surface area contributed by atoms with Crippen LogP contribution in [-0.2, 0) is 4.79 Å². The van der Waals surface area contributed by atoms with Crippen molar-refractivity contribution in [2.75, 3.05) is 0 Å². The fourth-order valence-electron chi connectivity index (χ4n) is 0.663. The summed E-state index contributed by atoms with van der Waals surface area (Å²) in [5, 5.41) is 0.744. The minimum atomic E-state index is 0.242. The van der Waals surface area contributed by atoms with Crippen LogP contribution >= 0.6 is 11.6 Å². The predicted molar refractivity (Wildman–Crippen MR) is 52.0 cm³/mol. The molecule has 0 saturated heterocycles. The van der Waals surface area contributed by atoms with E-state index < -0.39 is 0 Å². The van der Waals surface area contributed by atoms with Crippen molar-refractivity contribution >= 4 is 37.3 Å². The van der Waals surface area contributed by atoms with Gasteiger partial charge in [0, 0.05) is 0 Å². The van der Waals surface area contributed by atoms with E-state index in [1.54, 1.807) is 0 Å². The number of rotatable bonds is 3. The maximum atomic E-state index is 9.95. The van der Waals surface area contributed by atoms with Gasteiger partial charge >= 0.3 is 82.4 Å². The first kappa shape index (κ1) is 9.53.